The highest BCUT2D eigenvalue weighted by Gasteiger charge is 2.23. The van der Waals surface area contributed by atoms with E-state index in [-0.39, 0.29) is 0 Å². The lowest BCUT2D eigenvalue weighted by atomic mass is 10.0. The maximum atomic E-state index is 6.09. The van der Waals surface area contributed by atoms with Crippen LogP contribution in [0.15, 0.2) is 0 Å². The highest BCUT2D eigenvalue weighted by atomic mass is 15.3. The lowest BCUT2D eigenvalue weighted by Gasteiger charge is -2.39. The first-order valence-electron chi connectivity index (χ1n) is 5.69. The maximum absolute atomic E-state index is 6.09. The molecular formula is C11H25N3. The fourth-order valence-electron chi connectivity index (χ4n) is 1.93. The van der Waals surface area contributed by atoms with Crippen molar-refractivity contribution in [2.45, 2.75) is 32.9 Å². The number of piperazine rings is 1. The van der Waals surface area contributed by atoms with Gasteiger partial charge in [0, 0.05) is 38.3 Å². The van der Waals surface area contributed by atoms with Crippen molar-refractivity contribution in [1.29, 1.82) is 0 Å². The molecule has 0 bridgehead atoms. The summed E-state index contributed by atoms with van der Waals surface area (Å²) in [6, 6.07) is 0.972. The molecule has 0 spiro atoms. The van der Waals surface area contributed by atoms with Crippen molar-refractivity contribution in [2.75, 3.05) is 33.2 Å². The van der Waals surface area contributed by atoms with E-state index >= 15 is 0 Å². The van der Waals surface area contributed by atoms with E-state index in [1.165, 1.54) is 13.1 Å². The van der Waals surface area contributed by atoms with E-state index in [1.807, 2.05) is 0 Å². The van der Waals surface area contributed by atoms with Crippen LogP contribution in [0, 0.1) is 5.92 Å². The van der Waals surface area contributed by atoms with Gasteiger partial charge in [-0.1, -0.05) is 13.8 Å². The number of likely N-dealkylation sites (N-methyl/N-ethyl adjacent to an activating group) is 1. The molecule has 1 saturated heterocycles. The van der Waals surface area contributed by atoms with Crippen LogP contribution >= 0.6 is 0 Å². The lowest BCUT2D eigenvalue weighted by Crippen LogP contribution is -2.54. The van der Waals surface area contributed by atoms with Crippen LogP contribution in [0.3, 0.4) is 0 Å². The molecular weight excluding hydrogens is 174 g/mol. The molecule has 3 nitrogen and oxygen atoms in total. The second kappa shape index (κ2) is 5.10. The quantitative estimate of drug-likeness (QED) is 0.723. The van der Waals surface area contributed by atoms with E-state index in [9.17, 15) is 0 Å². The molecule has 0 amide bonds. The van der Waals surface area contributed by atoms with Gasteiger partial charge in [0.1, 0.15) is 0 Å². The number of hydrogen-bond acceptors (Lipinski definition) is 3. The molecule has 1 aliphatic heterocycles. The van der Waals surface area contributed by atoms with Gasteiger partial charge in [0.05, 0.1) is 0 Å². The zero-order chi connectivity index (χ0) is 10.7. The van der Waals surface area contributed by atoms with E-state index in [0.29, 0.717) is 18.0 Å². The van der Waals surface area contributed by atoms with Crippen molar-refractivity contribution in [3.63, 3.8) is 0 Å². The normalized spacial score (nSPS) is 28.3. The van der Waals surface area contributed by atoms with Crippen molar-refractivity contribution < 1.29 is 0 Å². The Morgan fingerprint density at radius 3 is 2.50 bits per heavy atom. The number of hydrogen-bond donors (Lipinski definition) is 1. The summed E-state index contributed by atoms with van der Waals surface area (Å²) in [5, 5.41) is 0. The van der Waals surface area contributed by atoms with E-state index in [4.69, 9.17) is 5.73 Å². The Labute approximate surface area is 88.2 Å². The first-order chi connectivity index (χ1) is 6.50. The summed E-state index contributed by atoms with van der Waals surface area (Å²) >= 11 is 0. The Balaban J connectivity index is 2.37. The number of rotatable bonds is 3. The molecule has 0 radical (unpaired) electrons. The van der Waals surface area contributed by atoms with Gasteiger partial charge in [0.25, 0.3) is 0 Å². The Bertz CT molecular complexity index is 170. The predicted molar refractivity (Wildman–Crippen MR) is 61.3 cm³/mol. The summed E-state index contributed by atoms with van der Waals surface area (Å²) in [5.74, 6) is 0.585. The largest absolute Gasteiger partial charge is 0.326 e. The van der Waals surface area contributed by atoms with E-state index in [2.05, 4.69) is 37.6 Å². The molecule has 0 saturated carbocycles. The monoisotopic (exact) mass is 199 g/mol. The SMILES string of the molecule is CC(C)C(N)CN1CCN(C)CC1C. The van der Waals surface area contributed by atoms with Crippen LogP contribution in [-0.2, 0) is 0 Å². The average molecular weight is 199 g/mol. The number of nitrogens with two attached hydrogens (primary N) is 1. The summed E-state index contributed by atoms with van der Waals surface area (Å²) in [6.45, 7) is 11.3. The van der Waals surface area contributed by atoms with E-state index in [0.717, 1.165) is 13.1 Å². The van der Waals surface area contributed by atoms with Crippen molar-refractivity contribution in [1.82, 2.24) is 9.80 Å². The lowest BCUT2D eigenvalue weighted by molar-refractivity contribution is 0.0898. The van der Waals surface area contributed by atoms with Gasteiger partial charge in [-0.3, -0.25) is 4.90 Å². The van der Waals surface area contributed by atoms with Gasteiger partial charge in [-0.2, -0.15) is 0 Å². The van der Waals surface area contributed by atoms with Crippen LogP contribution in [0.5, 0.6) is 0 Å². The Morgan fingerprint density at radius 2 is 2.00 bits per heavy atom. The third kappa shape index (κ3) is 3.23. The van der Waals surface area contributed by atoms with Crippen LogP contribution in [0.2, 0.25) is 0 Å². The Hall–Kier alpha value is -0.120. The van der Waals surface area contributed by atoms with Gasteiger partial charge in [-0.25, -0.2) is 0 Å². The summed E-state index contributed by atoms with van der Waals surface area (Å²) in [4.78, 5) is 4.91. The second-order valence-corrected chi connectivity index (χ2v) is 5.01. The molecule has 0 aromatic rings. The maximum Gasteiger partial charge on any atom is 0.0195 e. The minimum absolute atomic E-state index is 0.320. The molecule has 1 rings (SSSR count). The van der Waals surface area contributed by atoms with Gasteiger partial charge in [-0.15, -0.1) is 0 Å². The summed E-state index contributed by atoms with van der Waals surface area (Å²) < 4.78 is 0. The van der Waals surface area contributed by atoms with Crippen molar-refractivity contribution >= 4 is 0 Å². The van der Waals surface area contributed by atoms with Crippen LogP contribution < -0.4 is 5.73 Å². The average Bonchev–Trinajstić information content (AvgIpc) is 2.09. The summed E-state index contributed by atoms with van der Waals surface area (Å²) in [5.41, 5.74) is 6.09. The molecule has 2 unspecified atom stereocenters. The molecule has 0 aromatic carbocycles. The van der Waals surface area contributed by atoms with E-state index < -0.39 is 0 Å². The fraction of sp³-hybridized carbons (Fsp3) is 1.00. The number of nitrogens with zero attached hydrogens (tertiary/aromatic N) is 2. The zero-order valence-electron chi connectivity index (χ0n) is 10.0. The van der Waals surface area contributed by atoms with Crippen molar-refractivity contribution in [2.24, 2.45) is 11.7 Å². The van der Waals surface area contributed by atoms with Gasteiger partial charge >= 0.3 is 0 Å². The second-order valence-electron chi connectivity index (χ2n) is 5.01. The third-order valence-corrected chi connectivity index (χ3v) is 3.27. The third-order valence-electron chi connectivity index (χ3n) is 3.27. The molecule has 3 heteroatoms. The van der Waals surface area contributed by atoms with Gasteiger partial charge in [0.15, 0.2) is 0 Å². The van der Waals surface area contributed by atoms with Gasteiger partial charge in [0.2, 0.25) is 0 Å². The van der Waals surface area contributed by atoms with Crippen LogP contribution in [0.4, 0.5) is 0 Å². The molecule has 1 heterocycles. The van der Waals surface area contributed by atoms with Gasteiger partial charge < -0.3 is 10.6 Å². The molecule has 2 N–H and O–H groups in total. The molecule has 0 aliphatic carbocycles. The molecule has 1 aliphatic rings. The van der Waals surface area contributed by atoms with Crippen LogP contribution in [0.1, 0.15) is 20.8 Å². The molecule has 0 aromatic heterocycles. The zero-order valence-corrected chi connectivity index (χ0v) is 10.0. The first kappa shape index (κ1) is 12.0. The molecule has 84 valence electrons. The fourth-order valence-corrected chi connectivity index (χ4v) is 1.93. The molecule has 1 fully saturated rings. The van der Waals surface area contributed by atoms with Crippen LogP contribution in [-0.4, -0.2) is 55.1 Å². The highest BCUT2D eigenvalue weighted by Crippen LogP contribution is 2.10. The smallest absolute Gasteiger partial charge is 0.0195 e. The summed E-state index contributed by atoms with van der Waals surface area (Å²) in [7, 11) is 2.19. The summed E-state index contributed by atoms with van der Waals surface area (Å²) in [6.07, 6.45) is 0. The highest BCUT2D eigenvalue weighted by molar-refractivity contribution is 4.81. The topological polar surface area (TPSA) is 32.5 Å². The minimum Gasteiger partial charge on any atom is -0.326 e. The van der Waals surface area contributed by atoms with Crippen molar-refractivity contribution in [3.8, 4) is 0 Å². The predicted octanol–water partition coefficient (Wildman–Crippen LogP) is 0.606. The molecule has 2 atom stereocenters. The first-order valence-corrected chi connectivity index (χ1v) is 5.69. The Kier molecular flexibility index (Phi) is 4.35. The Morgan fingerprint density at radius 1 is 1.36 bits per heavy atom. The van der Waals surface area contributed by atoms with Gasteiger partial charge in [-0.05, 0) is 19.9 Å². The minimum atomic E-state index is 0.320. The van der Waals surface area contributed by atoms with Crippen LogP contribution in [0.25, 0.3) is 0 Å². The molecule has 14 heavy (non-hydrogen) atoms. The standard InChI is InChI=1S/C11H25N3/c1-9(2)11(12)8-14-6-5-13(4)7-10(14)3/h9-11H,5-8,12H2,1-4H3. The van der Waals surface area contributed by atoms with E-state index in [1.54, 1.807) is 0 Å². The van der Waals surface area contributed by atoms with Crippen molar-refractivity contribution in [3.05, 3.63) is 0 Å².